The van der Waals surface area contributed by atoms with Crippen LogP contribution in [-0.4, -0.2) is 185 Å². The first-order chi connectivity index (χ1) is 38.8. The molecule has 4 heterocycles. The van der Waals surface area contributed by atoms with Crippen molar-refractivity contribution in [3.05, 3.63) is 103 Å². The van der Waals surface area contributed by atoms with Gasteiger partial charge in [0.25, 0.3) is 17.3 Å². The van der Waals surface area contributed by atoms with Crippen LogP contribution in [0.2, 0.25) is 0 Å². The number of benzene rings is 3. The summed E-state index contributed by atoms with van der Waals surface area (Å²) >= 11 is 0. The quantitative estimate of drug-likeness (QED) is 0.0213. The molecule has 2 saturated heterocycles. The fraction of sp³-hybridized carbons (Fsp3) is 0.603. The monoisotopic (exact) mass is 1120 g/mol. The fourth-order valence-electron chi connectivity index (χ4n) is 10.9. The van der Waals surface area contributed by atoms with Crippen LogP contribution in [0, 0.1) is 39.0 Å². The molecule has 4 aromatic rings. The van der Waals surface area contributed by atoms with Crippen LogP contribution < -0.4 is 15.4 Å². The van der Waals surface area contributed by atoms with Gasteiger partial charge < -0.3 is 63.7 Å². The van der Waals surface area contributed by atoms with Crippen molar-refractivity contribution in [3.8, 4) is 5.75 Å². The van der Waals surface area contributed by atoms with Crippen molar-refractivity contribution in [2.75, 3.05) is 137 Å². The SMILES string of the molecule is Cc1ccc2c(c1)NC[C@]21CCN(C[C@@H](O)C2CCN(C(=O)c3cc4cc(OCCOCCOCCOCCNC(=O)CCC(=O)CCCOCCOCCOCCCc5ccc([N+](=O)[O-])cc5[N+](=O)[O-])ccc4[nH]3)CC2)C[C@H]1C. The second-order valence-corrected chi connectivity index (χ2v) is 21.0. The van der Waals surface area contributed by atoms with Crippen molar-refractivity contribution in [2.24, 2.45) is 11.8 Å². The number of aromatic amines is 1. The first-order valence-corrected chi connectivity index (χ1v) is 28.3. The van der Waals surface area contributed by atoms with Crippen LogP contribution in [-0.2, 0) is 49.8 Å². The lowest BCUT2D eigenvalue weighted by Crippen LogP contribution is -2.52. The third-order valence-corrected chi connectivity index (χ3v) is 15.4. The van der Waals surface area contributed by atoms with E-state index in [0.29, 0.717) is 161 Å². The number of Topliss-reactive ketones (excluding diaryl/α,β-unsaturated/α-hetero) is 1. The van der Waals surface area contributed by atoms with Crippen molar-refractivity contribution < 1.29 is 62.5 Å². The summed E-state index contributed by atoms with van der Waals surface area (Å²) in [5.74, 6) is 1.06. The number of carbonyl (C=O) groups is 3. The van der Waals surface area contributed by atoms with Crippen LogP contribution >= 0.6 is 0 Å². The molecule has 22 nitrogen and oxygen atoms in total. The largest absolute Gasteiger partial charge is 0.491 e. The lowest BCUT2D eigenvalue weighted by molar-refractivity contribution is -0.394. The molecular formula is C58H81N7O15. The molecule has 3 aromatic carbocycles. The van der Waals surface area contributed by atoms with E-state index in [-0.39, 0.29) is 53.1 Å². The van der Waals surface area contributed by atoms with Gasteiger partial charge >= 0.3 is 0 Å². The maximum atomic E-state index is 13.6. The van der Waals surface area contributed by atoms with Crippen LogP contribution in [0.3, 0.4) is 0 Å². The normalized spacial score (nSPS) is 17.8. The summed E-state index contributed by atoms with van der Waals surface area (Å²) in [7, 11) is 0. The van der Waals surface area contributed by atoms with Gasteiger partial charge in [-0.25, -0.2) is 0 Å². The molecule has 0 aliphatic carbocycles. The Balaban J connectivity index is 0.620. The van der Waals surface area contributed by atoms with Gasteiger partial charge in [-0.15, -0.1) is 0 Å². The van der Waals surface area contributed by atoms with Gasteiger partial charge in [0.05, 0.1) is 88.1 Å². The Bertz CT molecular complexity index is 2640. The number of β-amino-alcohol motifs (C(OH)–C–C–N with tert-alkyl or cyclic N) is 1. The first-order valence-electron chi connectivity index (χ1n) is 28.3. The highest BCUT2D eigenvalue weighted by molar-refractivity contribution is 5.98. The summed E-state index contributed by atoms with van der Waals surface area (Å²) in [6, 6.07) is 18.0. The standard InChI is InChI=1S/C58H81N7O15/c1-42-7-12-50-52(35-42)60-41-58(50)17-21-62(39-43(58)2)40-55(67)45-15-19-63(20-16-45)57(69)53-37-46-36-49(11-13-51(46)61-53)80-34-33-79-32-31-78-30-27-76-24-18-59-56(68)14-10-48(66)6-4-23-75-26-29-77-28-25-74-22-3-5-44-8-9-47(64(70)71)38-54(44)65(72)73/h7-9,11-13,35-38,43,45,55,60-61,67H,3-6,10,14-34,39-41H2,1-2H3,(H,59,68)/t43-,55-,58+/m1/s1. The minimum absolute atomic E-state index is 0.0135. The number of aliphatic hydroxyl groups excluding tert-OH is 1. The number of nitro benzene ring substituents is 2. The number of ketones is 1. The van der Waals surface area contributed by atoms with E-state index in [1.807, 2.05) is 29.2 Å². The first kappa shape index (κ1) is 61.5. The highest BCUT2D eigenvalue weighted by atomic mass is 16.6. The molecule has 22 heteroatoms. The smallest absolute Gasteiger partial charge is 0.279 e. The maximum absolute atomic E-state index is 13.6. The molecule has 2 fully saturated rings. The lowest BCUT2D eigenvalue weighted by Gasteiger charge is -2.46. The van der Waals surface area contributed by atoms with Crippen molar-refractivity contribution in [2.45, 2.75) is 83.2 Å². The van der Waals surface area contributed by atoms with Crippen molar-refractivity contribution in [3.63, 3.8) is 0 Å². The van der Waals surface area contributed by atoms with E-state index in [9.17, 15) is 39.7 Å². The molecule has 3 aliphatic heterocycles. The molecule has 0 bridgehead atoms. The average molecular weight is 1120 g/mol. The van der Waals surface area contributed by atoms with E-state index in [4.69, 9.17) is 33.2 Å². The minimum Gasteiger partial charge on any atom is -0.491 e. The van der Waals surface area contributed by atoms with Gasteiger partial charge in [0.2, 0.25) is 5.91 Å². The number of aryl methyl sites for hydroxylation is 2. The fourth-order valence-corrected chi connectivity index (χ4v) is 10.9. The Labute approximate surface area is 467 Å². The molecule has 0 unspecified atom stereocenters. The van der Waals surface area contributed by atoms with E-state index in [1.54, 1.807) is 0 Å². The number of piperidine rings is 2. The zero-order chi connectivity index (χ0) is 56.7. The zero-order valence-electron chi connectivity index (χ0n) is 46.5. The number of likely N-dealkylation sites (tertiary alicyclic amines) is 2. The molecule has 0 saturated carbocycles. The Morgan fingerprint density at radius 3 is 2.12 bits per heavy atom. The third-order valence-electron chi connectivity index (χ3n) is 15.4. The number of fused-ring (bicyclic) bond motifs is 3. The van der Waals surface area contributed by atoms with Crippen LogP contribution in [0.1, 0.15) is 85.5 Å². The molecule has 7 rings (SSSR count). The molecule has 3 atom stereocenters. The molecule has 4 N–H and O–H groups in total. The number of nitrogens with zero attached hydrogens (tertiary/aromatic N) is 4. The number of aromatic nitrogens is 1. The summed E-state index contributed by atoms with van der Waals surface area (Å²) in [6.07, 6.45) is 4.19. The number of amides is 2. The molecule has 1 spiro atoms. The number of ether oxygens (including phenoxy) is 7. The van der Waals surface area contributed by atoms with Gasteiger partial charge in [-0.3, -0.25) is 34.6 Å². The predicted molar refractivity (Wildman–Crippen MR) is 299 cm³/mol. The predicted octanol–water partition coefficient (Wildman–Crippen LogP) is 6.57. The Kier molecular flexibility index (Phi) is 24.4. The number of anilines is 1. The number of hydrogen-bond donors (Lipinski definition) is 4. The maximum Gasteiger partial charge on any atom is 0.279 e. The number of non-ortho nitro benzene ring substituents is 1. The highest BCUT2D eigenvalue weighted by Crippen LogP contribution is 2.47. The van der Waals surface area contributed by atoms with E-state index in [0.717, 1.165) is 55.9 Å². The number of aliphatic hydroxyl groups is 1. The number of nitrogens with one attached hydrogen (secondary N) is 3. The average Bonchev–Trinajstić information content (AvgIpc) is 4.13. The third kappa shape index (κ3) is 18.5. The summed E-state index contributed by atoms with van der Waals surface area (Å²) in [6.45, 7) is 14.3. The zero-order valence-corrected chi connectivity index (χ0v) is 46.5. The Morgan fingerprint density at radius 1 is 0.762 bits per heavy atom. The number of nitro groups is 2. The van der Waals surface area contributed by atoms with Crippen molar-refractivity contribution in [1.82, 2.24) is 20.1 Å². The van der Waals surface area contributed by atoms with E-state index >= 15 is 0 Å². The van der Waals surface area contributed by atoms with Crippen LogP contribution in [0.25, 0.3) is 10.9 Å². The van der Waals surface area contributed by atoms with Crippen LogP contribution in [0.5, 0.6) is 5.75 Å². The Hall–Kier alpha value is -6.11. The Morgan fingerprint density at radius 2 is 1.44 bits per heavy atom. The molecule has 3 aliphatic rings. The highest BCUT2D eigenvalue weighted by Gasteiger charge is 2.46. The topological polar surface area (TPSA) is 269 Å². The number of hydrogen-bond acceptors (Lipinski definition) is 17. The molecule has 2 amide bonds. The van der Waals surface area contributed by atoms with E-state index in [1.165, 1.54) is 28.9 Å². The van der Waals surface area contributed by atoms with Gasteiger partial charge in [0, 0.05) is 105 Å². The van der Waals surface area contributed by atoms with Gasteiger partial charge in [0.15, 0.2) is 0 Å². The van der Waals surface area contributed by atoms with Gasteiger partial charge in [-0.1, -0.05) is 19.1 Å². The van der Waals surface area contributed by atoms with Gasteiger partial charge in [0.1, 0.15) is 23.8 Å². The summed E-state index contributed by atoms with van der Waals surface area (Å²) in [5.41, 5.74) is 5.37. The number of carbonyl (C=O) groups excluding carboxylic acids is 3. The van der Waals surface area contributed by atoms with Crippen molar-refractivity contribution >= 4 is 45.6 Å². The second-order valence-electron chi connectivity index (χ2n) is 21.0. The van der Waals surface area contributed by atoms with E-state index < -0.39 is 16.0 Å². The minimum atomic E-state index is -0.665. The van der Waals surface area contributed by atoms with Crippen molar-refractivity contribution in [1.29, 1.82) is 0 Å². The summed E-state index contributed by atoms with van der Waals surface area (Å²) in [4.78, 5) is 66.5. The van der Waals surface area contributed by atoms with Crippen LogP contribution in [0.15, 0.2) is 60.7 Å². The molecule has 0 radical (unpaired) electrons. The molecular weight excluding hydrogens is 1030 g/mol. The van der Waals surface area contributed by atoms with E-state index in [2.05, 4.69) is 52.6 Å². The molecule has 80 heavy (non-hydrogen) atoms. The summed E-state index contributed by atoms with van der Waals surface area (Å²) in [5, 5.41) is 40.8. The van der Waals surface area contributed by atoms with Gasteiger partial charge in [-0.05, 0) is 111 Å². The van der Waals surface area contributed by atoms with Gasteiger partial charge in [-0.2, -0.15) is 0 Å². The number of rotatable bonds is 36. The number of H-pyrrole nitrogens is 1. The van der Waals surface area contributed by atoms with Crippen LogP contribution in [0.4, 0.5) is 17.1 Å². The lowest BCUT2D eigenvalue weighted by atomic mass is 9.67. The second kappa shape index (κ2) is 31.8. The molecule has 438 valence electrons. The summed E-state index contributed by atoms with van der Waals surface area (Å²) < 4.78 is 39.2. The molecule has 1 aromatic heterocycles.